The van der Waals surface area contributed by atoms with Gasteiger partial charge in [0.2, 0.25) is 10.0 Å². The lowest BCUT2D eigenvalue weighted by molar-refractivity contribution is 0.233. The number of anilines is 1. The first-order valence-corrected chi connectivity index (χ1v) is 9.01. The molecule has 1 fully saturated rings. The summed E-state index contributed by atoms with van der Waals surface area (Å²) in [5, 5.41) is 3.05. The minimum absolute atomic E-state index is 0.213. The molecule has 1 aromatic heterocycles. The molecule has 2 N–H and O–H groups in total. The molecule has 0 atom stereocenters. The third-order valence-electron chi connectivity index (χ3n) is 3.61. The number of nitrogens with one attached hydrogen (secondary N) is 2. The third kappa shape index (κ3) is 4.66. The Morgan fingerprint density at radius 3 is 2.76 bits per heavy atom. The van der Waals surface area contributed by atoms with Crippen molar-refractivity contribution in [3.63, 3.8) is 0 Å². The smallest absolute Gasteiger partial charge is 0.244 e. The Hall–Kier alpha value is -1.18. The van der Waals surface area contributed by atoms with Gasteiger partial charge in [-0.05, 0) is 38.9 Å². The second kappa shape index (κ2) is 7.72. The van der Waals surface area contributed by atoms with Crippen LogP contribution in [0.5, 0.6) is 0 Å². The summed E-state index contributed by atoms with van der Waals surface area (Å²) in [5.41, 5.74) is 0.595. The molecule has 118 valence electrons. The first-order chi connectivity index (χ1) is 10.1. The molecule has 0 saturated carbocycles. The summed E-state index contributed by atoms with van der Waals surface area (Å²) in [7, 11) is -3.52. The van der Waals surface area contributed by atoms with Gasteiger partial charge in [0, 0.05) is 32.0 Å². The molecule has 7 heteroatoms. The van der Waals surface area contributed by atoms with Crippen LogP contribution in [-0.2, 0) is 10.0 Å². The maximum Gasteiger partial charge on any atom is 0.244 e. The standard InChI is InChI=1S/C14H24N4O2S/c1-2-16-13-6-7-15-12-14(13)21(19,20)17-8-11-18-9-4-3-5-10-18/h6-7,12,17H,2-5,8-11H2,1H3,(H,15,16). The maximum atomic E-state index is 12.4. The number of sulfonamides is 1. The maximum absolute atomic E-state index is 12.4. The summed E-state index contributed by atoms with van der Waals surface area (Å²) in [6.45, 7) is 5.92. The van der Waals surface area contributed by atoms with Crippen molar-refractivity contribution in [2.75, 3.05) is 38.0 Å². The fourth-order valence-corrected chi connectivity index (χ4v) is 3.67. The van der Waals surface area contributed by atoms with Gasteiger partial charge in [0.25, 0.3) is 0 Å². The van der Waals surface area contributed by atoms with Gasteiger partial charge in [-0.2, -0.15) is 0 Å². The number of likely N-dealkylation sites (tertiary alicyclic amines) is 1. The van der Waals surface area contributed by atoms with Gasteiger partial charge in [-0.15, -0.1) is 0 Å². The Balaban J connectivity index is 1.94. The molecule has 0 radical (unpaired) electrons. The number of nitrogens with zero attached hydrogens (tertiary/aromatic N) is 2. The van der Waals surface area contributed by atoms with E-state index in [1.54, 1.807) is 12.3 Å². The van der Waals surface area contributed by atoms with Crippen LogP contribution in [-0.4, -0.2) is 51.0 Å². The minimum Gasteiger partial charge on any atom is -0.384 e. The zero-order valence-corrected chi connectivity index (χ0v) is 13.3. The quantitative estimate of drug-likeness (QED) is 0.793. The fourth-order valence-electron chi connectivity index (χ4n) is 2.53. The summed E-state index contributed by atoms with van der Waals surface area (Å²) in [6, 6.07) is 1.68. The molecular weight excluding hydrogens is 288 g/mol. The summed E-state index contributed by atoms with van der Waals surface area (Å²) in [6.07, 6.45) is 6.68. The molecule has 2 rings (SSSR count). The van der Waals surface area contributed by atoms with Crippen LogP contribution in [0.2, 0.25) is 0 Å². The lowest BCUT2D eigenvalue weighted by Crippen LogP contribution is -2.37. The Labute approximate surface area is 127 Å². The van der Waals surface area contributed by atoms with E-state index in [2.05, 4.69) is 19.9 Å². The van der Waals surface area contributed by atoms with Crippen LogP contribution in [0.25, 0.3) is 0 Å². The van der Waals surface area contributed by atoms with Crippen molar-refractivity contribution in [3.8, 4) is 0 Å². The van der Waals surface area contributed by atoms with Crippen LogP contribution in [0.3, 0.4) is 0 Å². The van der Waals surface area contributed by atoms with Gasteiger partial charge in [-0.1, -0.05) is 6.42 Å². The number of pyridine rings is 1. The van der Waals surface area contributed by atoms with E-state index < -0.39 is 10.0 Å². The Kier molecular flexibility index (Phi) is 5.96. The van der Waals surface area contributed by atoms with Gasteiger partial charge in [0.05, 0.1) is 5.69 Å². The van der Waals surface area contributed by atoms with Gasteiger partial charge in [-0.25, -0.2) is 13.1 Å². The van der Waals surface area contributed by atoms with Gasteiger partial charge in [0.1, 0.15) is 4.90 Å². The van der Waals surface area contributed by atoms with E-state index in [0.717, 1.165) is 19.6 Å². The van der Waals surface area contributed by atoms with E-state index >= 15 is 0 Å². The van der Waals surface area contributed by atoms with E-state index in [1.807, 2.05) is 6.92 Å². The van der Waals surface area contributed by atoms with Gasteiger partial charge in [0.15, 0.2) is 0 Å². The second-order valence-electron chi connectivity index (χ2n) is 5.20. The number of hydrogen-bond acceptors (Lipinski definition) is 5. The SMILES string of the molecule is CCNc1ccncc1S(=O)(=O)NCCN1CCCCC1. The van der Waals surface area contributed by atoms with Crippen LogP contribution in [0.15, 0.2) is 23.4 Å². The summed E-state index contributed by atoms with van der Waals surface area (Å²) < 4.78 is 27.4. The molecule has 6 nitrogen and oxygen atoms in total. The fraction of sp³-hybridized carbons (Fsp3) is 0.643. The molecule has 0 amide bonds. The van der Waals surface area contributed by atoms with Crippen molar-refractivity contribution >= 4 is 15.7 Å². The van der Waals surface area contributed by atoms with Gasteiger partial charge < -0.3 is 10.2 Å². The average Bonchev–Trinajstić information content (AvgIpc) is 2.49. The minimum atomic E-state index is -3.52. The van der Waals surface area contributed by atoms with E-state index in [4.69, 9.17) is 0 Å². The molecule has 0 unspecified atom stereocenters. The number of rotatable bonds is 7. The van der Waals surface area contributed by atoms with Crippen molar-refractivity contribution in [2.45, 2.75) is 31.1 Å². The van der Waals surface area contributed by atoms with E-state index in [-0.39, 0.29) is 4.90 Å². The summed E-state index contributed by atoms with van der Waals surface area (Å²) in [5.74, 6) is 0. The van der Waals surface area contributed by atoms with E-state index in [1.165, 1.54) is 25.5 Å². The molecule has 1 aliphatic heterocycles. The molecule has 0 spiro atoms. The Morgan fingerprint density at radius 2 is 2.05 bits per heavy atom. The monoisotopic (exact) mass is 312 g/mol. The lowest BCUT2D eigenvalue weighted by atomic mass is 10.1. The number of piperidine rings is 1. The molecule has 1 aliphatic rings. The van der Waals surface area contributed by atoms with Crippen LogP contribution in [0.4, 0.5) is 5.69 Å². The third-order valence-corrected chi connectivity index (χ3v) is 5.10. The summed E-state index contributed by atoms with van der Waals surface area (Å²) >= 11 is 0. The van der Waals surface area contributed by atoms with Crippen LogP contribution in [0.1, 0.15) is 26.2 Å². The average molecular weight is 312 g/mol. The van der Waals surface area contributed by atoms with E-state index in [9.17, 15) is 8.42 Å². The van der Waals surface area contributed by atoms with Crippen molar-refractivity contribution in [1.29, 1.82) is 0 Å². The summed E-state index contributed by atoms with van der Waals surface area (Å²) in [4.78, 5) is 6.44. The van der Waals surface area contributed by atoms with Gasteiger partial charge in [-0.3, -0.25) is 4.98 Å². The molecule has 0 bridgehead atoms. The molecule has 1 saturated heterocycles. The zero-order chi connectivity index (χ0) is 15.1. The van der Waals surface area contributed by atoms with E-state index in [0.29, 0.717) is 18.8 Å². The topological polar surface area (TPSA) is 74.3 Å². The predicted molar refractivity (Wildman–Crippen MR) is 83.9 cm³/mol. The van der Waals surface area contributed by atoms with Crippen molar-refractivity contribution in [1.82, 2.24) is 14.6 Å². The molecule has 0 aliphatic carbocycles. The second-order valence-corrected chi connectivity index (χ2v) is 6.94. The molecular formula is C14H24N4O2S. The van der Waals surface area contributed by atoms with Gasteiger partial charge >= 0.3 is 0 Å². The Bertz CT molecular complexity index is 542. The lowest BCUT2D eigenvalue weighted by Gasteiger charge is -2.26. The molecule has 1 aromatic rings. The zero-order valence-electron chi connectivity index (χ0n) is 12.5. The van der Waals surface area contributed by atoms with Crippen LogP contribution in [0, 0.1) is 0 Å². The molecule has 21 heavy (non-hydrogen) atoms. The number of aromatic nitrogens is 1. The predicted octanol–water partition coefficient (Wildman–Crippen LogP) is 1.28. The van der Waals surface area contributed by atoms with Crippen molar-refractivity contribution in [3.05, 3.63) is 18.5 Å². The highest BCUT2D eigenvalue weighted by Gasteiger charge is 2.19. The molecule has 0 aromatic carbocycles. The Morgan fingerprint density at radius 1 is 1.29 bits per heavy atom. The van der Waals surface area contributed by atoms with Crippen molar-refractivity contribution in [2.24, 2.45) is 0 Å². The number of hydrogen-bond donors (Lipinski definition) is 2. The highest BCUT2D eigenvalue weighted by Crippen LogP contribution is 2.18. The molecule has 2 heterocycles. The highest BCUT2D eigenvalue weighted by atomic mass is 32.2. The first-order valence-electron chi connectivity index (χ1n) is 7.53. The first kappa shape index (κ1) is 16.2. The van der Waals surface area contributed by atoms with Crippen LogP contribution < -0.4 is 10.0 Å². The highest BCUT2D eigenvalue weighted by molar-refractivity contribution is 7.89. The van der Waals surface area contributed by atoms with Crippen molar-refractivity contribution < 1.29 is 8.42 Å². The van der Waals surface area contributed by atoms with Crippen LogP contribution >= 0.6 is 0 Å². The largest absolute Gasteiger partial charge is 0.384 e. The normalized spacial score (nSPS) is 16.8.